The molecular weight excluding hydrogens is 543 g/mol. The standard InChI is InChI=1S/C27H31N3O5S3/c1-5-19(14-26-29(6-2)23-17-21(35-4)9-11-25(23)36-26)15-27-30(12-7-13-38(32,33)34)22-16-20(28-18(3)31)8-10-24(22)37-27/h8-11,14-17H,5-7,12-13H2,1-4H3,(H-,28,31,32,33,34). The summed E-state index contributed by atoms with van der Waals surface area (Å²) in [6.07, 6.45) is 5.31. The Morgan fingerprint density at radius 1 is 1.21 bits per heavy atom. The molecule has 0 aliphatic carbocycles. The van der Waals surface area contributed by atoms with Crippen LogP contribution < -0.4 is 19.5 Å². The molecule has 1 amide bonds. The molecule has 0 bridgehead atoms. The Labute approximate surface area is 231 Å². The Bertz CT molecular complexity index is 1530. The molecule has 1 aliphatic rings. The molecule has 3 aromatic rings. The van der Waals surface area contributed by atoms with Crippen LogP contribution in [-0.4, -0.2) is 38.3 Å². The number of thioether (sulfide) groups is 1. The summed E-state index contributed by atoms with van der Waals surface area (Å²) in [7, 11) is -2.64. The number of aromatic nitrogens is 1. The molecular formula is C27H31N3O5S3. The van der Waals surface area contributed by atoms with Crippen molar-refractivity contribution in [2.75, 3.05) is 29.6 Å². The van der Waals surface area contributed by atoms with Crippen LogP contribution in [0.4, 0.5) is 11.4 Å². The van der Waals surface area contributed by atoms with Crippen LogP contribution in [-0.2, 0) is 21.5 Å². The van der Waals surface area contributed by atoms with Crippen molar-refractivity contribution in [3.8, 4) is 5.75 Å². The Morgan fingerprint density at radius 2 is 2.00 bits per heavy atom. The van der Waals surface area contributed by atoms with Gasteiger partial charge in [-0.1, -0.05) is 30.0 Å². The van der Waals surface area contributed by atoms with E-state index in [0.717, 1.165) is 50.2 Å². The van der Waals surface area contributed by atoms with Gasteiger partial charge in [-0.25, -0.2) is 8.42 Å². The highest BCUT2D eigenvalue weighted by atomic mass is 32.2. The summed E-state index contributed by atoms with van der Waals surface area (Å²) in [4.78, 5) is 15.0. The number of fused-ring (bicyclic) bond motifs is 2. The van der Waals surface area contributed by atoms with E-state index >= 15 is 0 Å². The third-order valence-electron chi connectivity index (χ3n) is 6.11. The van der Waals surface area contributed by atoms with Crippen molar-refractivity contribution in [2.45, 2.75) is 45.1 Å². The van der Waals surface area contributed by atoms with Crippen molar-refractivity contribution in [3.05, 3.63) is 58.1 Å². The highest BCUT2D eigenvalue weighted by Gasteiger charge is 2.25. The van der Waals surface area contributed by atoms with Gasteiger partial charge in [0.1, 0.15) is 10.4 Å². The molecule has 0 spiro atoms. The molecule has 0 atom stereocenters. The van der Waals surface area contributed by atoms with E-state index < -0.39 is 15.9 Å². The second-order valence-corrected chi connectivity index (χ2v) is 12.5. The van der Waals surface area contributed by atoms with E-state index in [4.69, 9.17) is 4.74 Å². The second kappa shape index (κ2) is 11.9. The van der Waals surface area contributed by atoms with E-state index in [1.54, 1.807) is 30.2 Å². The van der Waals surface area contributed by atoms with Gasteiger partial charge in [0.25, 0.3) is 5.01 Å². The summed E-state index contributed by atoms with van der Waals surface area (Å²) in [6.45, 7) is 6.86. The van der Waals surface area contributed by atoms with Crippen LogP contribution in [0.2, 0.25) is 0 Å². The first-order chi connectivity index (χ1) is 18.1. The van der Waals surface area contributed by atoms with E-state index in [-0.39, 0.29) is 12.3 Å². The largest absolute Gasteiger partial charge is 0.748 e. The number of nitrogens with one attached hydrogen (secondary N) is 1. The predicted octanol–water partition coefficient (Wildman–Crippen LogP) is 5.36. The molecule has 0 saturated heterocycles. The molecule has 2 aromatic carbocycles. The lowest BCUT2D eigenvalue weighted by molar-refractivity contribution is -0.668. The van der Waals surface area contributed by atoms with Crippen LogP contribution in [0.5, 0.6) is 5.75 Å². The fraction of sp³-hybridized carbons (Fsp3) is 0.333. The van der Waals surface area contributed by atoms with Crippen molar-refractivity contribution in [2.24, 2.45) is 0 Å². The van der Waals surface area contributed by atoms with Crippen LogP contribution >= 0.6 is 23.1 Å². The minimum Gasteiger partial charge on any atom is -0.748 e. The van der Waals surface area contributed by atoms with Gasteiger partial charge in [0.2, 0.25) is 11.4 Å². The maximum Gasteiger partial charge on any atom is 0.263 e. The normalized spacial score (nSPS) is 14.8. The smallest absolute Gasteiger partial charge is 0.263 e. The van der Waals surface area contributed by atoms with Gasteiger partial charge in [-0.2, -0.15) is 4.57 Å². The first-order valence-corrected chi connectivity index (χ1v) is 15.6. The van der Waals surface area contributed by atoms with E-state index in [9.17, 15) is 17.8 Å². The number of carbonyl (C=O) groups is 1. The van der Waals surface area contributed by atoms with Gasteiger partial charge < -0.3 is 19.5 Å². The SMILES string of the molecule is CCC(/C=C1\Sc2ccc(OC)cc2N1CC)=C\c1sc2ccc(NC(C)=O)cc2[n+]1CCCS(=O)(=O)[O-]. The zero-order valence-electron chi connectivity index (χ0n) is 21.8. The van der Waals surface area contributed by atoms with Crippen molar-refractivity contribution in [1.29, 1.82) is 0 Å². The molecule has 0 fully saturated rings. The van der Waals surface area contributed by atoms with E-state index in [1.165, 1.54) is 11.8 Å². The zero-order chi connectivity index (χ0) is 27.4. The minimum absolute atomic E-state index is 0.170. The Hall–Kier alpha value is -2.86. The third kappa shape index (κ3) is 6.58. The van der Waals surface area contributed by atoms with E-state index in [2.05, 4.69) is 48.3 Å². The number of carbonyl (C=O) groups excluding carboxylic acids is 1. The minimum atomic E-state index is -4.31. The summed E-state index contributed by atoms with van der Waals surface area (Å²) in [6, 6.07) is 11.8. The zero-order valence-corrected chi connectivity index (χ0v) is 24.3. The molecule has 0 saturated carbocycles. The van der Waals surface area contributed by atoms with Crippen LogP contribution in [0.3, 0.4) is 0 Å². The van der Waals surface area contributed by atoms with Crippen molar-refractivity contribution in [3.63, 3.8) is 0 Å². The average Bonchev–Trinajstić information content (AvgIpc) is 3.38. The second-order valence-electron chi connectivity index (χ2n) is 8.81. The summed E-state index contributed by atoms with van der Waals surface area (Å²) in [5, 5.41) is 4.88. The lowest BCUT2D eigenvalue weighted by atomic mass is 10.2. The number of nitrogens with zero attached hydrogens (tertiary/aromatic N) is 2. The molecule has 0 radical (unpaired) electrons. The van der Waals surface area contributed by atoms with Crippen molar-refractivity contribution in [1.82, 2.24) is 0 Å². The fourth-order valence-electron chi connectivity index (χ4n) is 4.32. The number of anilines is 2. The lowest BCUT2D eigenvalue weighted by Crippen LogP contribution is -2.36. The van der Waals surface area contributed by atoms with Crippen molar-refractivity contribution >= 4 is 66.8 Å². The maximum absolute atomic E-state index is 11.6. The summed E-state index contributed by atoms with van der Waals surface area (Å²) in [5.41, 5.74) is 3.78. The quantitative estimate of drug-likeness (QED) is 0.257. The number of benzene rings is 2. The summed E-state index contributed by atoms with van der Waals surface area (Å²) >= 11 is 3.31. The van der Waals surface area contributed by atoms with Gasteiger partial charge in [0, 0.05) is 54.4 Å². The number of aryl methyl sites for hydroxylation is 1. The molecule has 11 heteroatoms. The number of thiazole rings is 1. The number of rotatable bonds is 10. The highest BCUT2D eigenvalue weighted by Crippen LogP contribution is 2.47. The van der Waals surface area contributed by atoms with Gasteiger partial charge in [0.05, 0.1) is 27.9 Å². The molecule has 1 aliphatic heterocycles. The van der Waals surface area contributed by atoms with Gasteiger partial charge in [-0.3, -0.25) is 4.79 Å². The first-order valence-electron chi connectivity index (χ1n) is 12.3. The van der Waals surface area contributed by atoms with Crippen LogP contribution in [0, 0.1) is 0 Å². The number of hydrogen-bond acceptors (Lipinski definition) is 8. The Morgan fingerprint density at radius 3 is 2.66 bits per heavy atom. The molecule has 1 aromatic heterocycles. The van der Waals surface area contributed by atoms with Gasteiger partial charge in [0.15, 0.2) is 6.54 Å². The maximum atomic E-state index is 11.6. The fourth-order valence-corrected chi connectivity index (χ4v) is 7.13. The van der Waals surface area contributed by atoms with Crippen LogP contribution in [0.25, 0.3) is 16.3 Å². The lowest BCUT2D eigenvalue weighted by Gasteiger charge is -2.18. The number of hydrogen-bond donors (Lipinski definition) is 1. The van der Waals surface area contributed by atoms with E-state index in [1.807, 2.05) is 28.8 Å². The van der Waals surface area contributed by atoms with Crippen LogP contribution in [0.1, 0.15) is 38.6 Å². The Kier molecular flexibility index (Phi) is 8.81. The van der Waals surface area contributed by atoms with Gasteiger partial charge in [-0.05, 0) is 49.3 Å². The molecule has 8 nitrogen and oxygen atoms in total. The van der Waals surface area contributed by atoms with Gasteiger partial charge in [-0.15, -0.1) is 0 Å². The van der Waals surface area contributed by atoms with E-state index in [0.29, 0.717) is 12.2 Å². The molecule has 202 valence electrons. The number of methoxy groups -OCH3 is 1. The highest BCUT2D eigenvalue weighted by molar-refractivity contribution is 8.03. The summed E-state index contributed by atoms with van der Waals surface area (Å²) in [5.74, 6) is 0.220. The first kappa shape index (κ1) is 28.2. The molecule has 2 heterocycles. The number of amides is 1. The number of allylic oxidation sites excluding steroid dienone is 2. The van der Waals surface area contributed by atoms with Crippen LogP contribution in [0.15, 0.2) is 58.0 Å². The molecule has 38 heavy (non-hydrogen) atoms. The molecule has 1 N–H and O–H groups in total. The molecule has 0 unspecified atom stereocenters. The molecule has 4 rings (SSSR count). The topological polar surface area (TPSA) is 103 Å². The predicted molar refractivity (Wildman–Crippen MR) is 154 cm³/mol. The third-order valence-corrected chi connectivity index (χ3v) is 9.12. The Balaban J connectivity index is 1.74. The number of ether oxygens (including phenoxy) is 1. The monoisotopic (exact) mass is 573 g/mol. The average molecular weight is 574 g/mol. The summed E-state index contributed by atoms with van der Waals surface area (Å²) < 4.78 is 42.2. The van der Waals surface area contributed by atoms with Crippen molar-refractivity contribution < 1.29 is 27.1 Å². The van der Waals surface area contributed by atoms with Gasteiger partial charge >= 0.3 is 0 Å².